The molecule has 0 spiro atoms. The van der Waals surface area contributed by atoms with Gasteiger partial charge < -0.3 is 10.2 Å². The highest BCUT2D eigenvalue weighted by Gasteiger charge is 1.58. The molecule has 0 aromatic heterocycles. The van der Waals surface area contributed by atoms with E-state index in [0.29, 0.717) is 0 Å². The standard InChI is InChI=1S/C2H6O2.28C2H4/c3-1-2-4;28*1-2/h3-4H,1-2H2;28*1-2H2. The van der Waals surface area contributed by atoms with Crippen LogP contribution in [0.5, 0.6) is 0 Å². The lowest BCUT2D eigenvalue weighted by Gasteiger charge is -1.70. The van der Waals surface area contributed by atoms with Crippen molar-refractivity contribution in [1.29, 1.82) is 0 Å². The zero-order valence-corrected chi connectivity index (χ0v) is 41.9. The fourth-order valence-corrected chi connectivity index (χ4v) is 0. The molecular formula is C58H118O2. The molecule has 0 aromatic carbocycles. The van der Waals surface area contributed by atoms with Crippen molar-refractivity contribution in [3.8, 4) is 0 Å². The number of aliphatic hydroxyl groups excluding tert-OH is 2. The van der Waals surface area contributed by atoms with Gasteiger partial charge in [0.2, 0.25) is 0 Å². The summed E-state index contributed by atoms with van der Waals surface area (Å²) in [5.41, 5.74) is 0. The van der Waals surface area contributed by atoms with E-state index in [1.165, 1.54) is 0 Å². The van der Waals surface area contributed by atoms with Gasteiger partial charge in [0.1, 0.15) is 0 Å². The van der Waals surface area contributed by atoms with Gasteiger partial charge in [-0.2, -0.15) is 0 Å². The molecule has 0 heterocycles. The first-order valence-electron chi connectivity index (χ1n) is 15.1. The van der Waals surface area contributed by atoms with Crippen LogP contribution in [-0.4, -0.2) is 23.4 Å². The van der Waals surface area contributed by atoms with E-state index in [4.69, 9.17) is 10.2 Å². The molecule has 0 atom stereocenters. The van der Waals surface area contributed by atoms with Gasteiger partial charge in [0, 0.05) is 0 Å². The van der Waals surface area contributed by atoms with Crippen molar-refractivity contribution in [2.45, 2.75) is 0 Å². The van der Waals surface area contributed by atoms with Crippen LogP contribution in [0.1, 0.15) is 0 Å². The summed E-state index contributed by atoms with van der Waals surface area (Å²) >= 11 is 0. The van der Waals surface area contributed by atoms with E-state index in [1.54, 1.807) is 0 Å². The SMILES string of the molecule is C=C.C=C.C=C.C=C.C=C.C=C.C=C.C=C.C=C.C=C.C=C.C=C.C=C.C=C.C=C.C=C.C=C.C=C.C=C.C=C.C=C.C=C.C=C.C=C.C=C.C=C.C=C.C=C.OCCO. The number of hydrogen-bond acceptors (Lipinski definition) is 2. The lowest BCUT2D eigenvalue weighted by Crippen LogP contribution is -1.85. The Kier molecular flexibility index (Phi) is 19300. The van der Waals surface area contributed by atoms with Crippen molar-refractivity contribution in [3.05, 3.63) is 368 Å². The van der Waals surface area contributed by atoms with Gasteiger partial charge in [-0.25, -0.2) is 0 Å². The third-order valence-electron chi connectivity index (χ3n) is 0.1000. The molecule has 0 bridgehead atoms. The van der Waals surface area contributed by atoms with E-state index in [9.17, 15) is 0 Å². The maximum Gasteiger partial charge on any atom is 0.0662 e. The molecule has 0 fully saturated rings. The summed E-state index contributed by atoms with van der Waals surface area (Å²) < 4.78 is 0. The van der Waals surface area contributed by atoms with Gasteiger partial charge >= 0.3 is 0 Å². The molecule has 0 amide bonds. The summed E-state index contributed by atoms with van der Waals surface area (Å²) in [6.07, 6.45) is 0. The van der Waals surface area contributed by atoms with Gasteiger partial charge in [0.05, 0.1) is 13.2 Å². The molecule has 2 heteroatoms. The van der Waals surface area contributed by atoms with E-state index in [-0.39, 0.29) is 13.2 Å². The second kappa shape index (κ2) is 4610. The highest BCUT2D eigenvalue weighted by molar-refractivity contribution is 4.27. The average molecular weight is 848 g/mol. The molecular weight excluding hydrogens is 729 g/mol. The van der Waals surface area contributed by atoms with Gasteiger partial charge in [-0.05, 0) is 0 Å². The van der Waals surface area contributed by atoms with Crippen molar-refractivity contribution in [2.75, 3.05) is 13.2 Å². The molecule has 0 rings (SSSR count). The summed E-state index contributed by atoms with van der Waals surface area (Å²) in [4.78, 5) is 0. The van der Waals surface area contributed by atoms with Gasteiger partial charge in [-0.1, -0.05) is 0 Å². The molecule has 0 saturated carbocycles. The Hall–Kier alpha value is -7.36. The quantitative estimate of drug-likeness (QED) is 0.258. The van der Waals surface area contributed by atoms with Crippen LogP contribution in [0.2, 0.25) is 0 Å². The van der Waals surface area contributed by atoms with Crippen molar-refractivity contribution in [2.24, 2.45) is 0 Å². The van der Waals surface area contributed by atoms with Gasteiger partial charge in [0.15, 0.2) is 0 Å². The van der Waals surface area contributed by atoms with Crippen molar-refractivity contribution < 1.29 is 10.2 Å². The number of rotatable bonds is 1. The van der Waals surface area contributed by atoms with E-state index in [1.807, 2.05) is 0 Å². The highest BCUT2D eigenvalue weighted by Crippen LogP contribution is 1.39. The minimum absolute atomic E-state index is 0.125. The Labute approximate surface area is 390 Å². The summed E-state index contributed by atoms with van der Waals surface area (Å²) in [6, 6.07) is 0. The minimum Gasteiger partial charge on any atom is -0.394 e. The number of aliphatic hydroxyl groups is 2. The maximum atomic E-state index is 7.62. The molecule has 60 heavy (non-hydrogen) atoms. The zero-order chi connectivity index (χ0) is 59.4. The van der Waals surface area contributed by atoms with Gasteiger partial charge in [0.25, 0.3) is 0 Å². The molecule has 0 aliphatic carbocycles. The van der Waals surface area contributed by atoms with Crippen molar-refractivity contribution >= 4 is 0 Å². The molecule has 2 N–H and O–H groups in total. The Balaban J connectivity index is -0.00000000616. The van der Waals surface area contributed by atoms with Crippen LogP contribution in [0.25, 0.3) is 0 Å². The molecule has 0 unspecified atom stereocenters. The monoisotopic (exact) mass is 847 g/mol. The van der Waals surface area contributed by atoms with E-state index in [0.717, 1.165) is 0 Å². The Morgan fingerprint density at radius 1 is 0.100 bits per heavy atom. The topological polar surface area (TPSA) is 40.5 Å². The fraction of sp³-hybridized carbons (Fsp3) is 0.0345. The lowest BCUT2D eigenvalue weighted by molar-refractivity contribution is 0.186. The summed E-state index contributed by atoms with van der Waals surface area (Å²) in [5, 5.41) is 15.2. The van der Waals surface area contributed by atoms with Crippen LogP contribution in [-0.2, 0) is 0 Å². The lowest BCUT2D eigenvalue weighted by atomic mass is 10.8. The van der Waals surface area contributed by atoms with Crippen LogP contribution in [0.4, 0.5) is 0 Å². The van der Waals surface area contributed by atoms with Crippen LogP contribution >= 0.6 is 0 Å². The largest absolute Gasteiger partial charge is 0.394 e. The van der Waals surface area contributed by atoms with E-state index < -0.39 is 0 Å². The Morgan fingerprint density at radius 3 is 0.117 bits per heavy atom. The summed E-state index contributed by atoms with van der Waals surface area (Å²) in [6.45, 7) is 168. The van der Waals surface area contributed by atoms with Crippen molar-refractivity contribution in [1.82, 2.24) is 0 Å². The average Bonchev–Trinajstić information content (AvgIpc) is 3.49. The summed E-state index contributed by atoms with van der Waals surface area (Å²) in [5.74, 6) is 0. The Morgan fingerprint density at radius 2 is 0.117 bits per heavy atom. The molecule has 0 aromatic rings. The molecule has 0 saturated heterocycles. The predicted molar refractivity (Wildman–Crippen MR) is 329 cm³/mol. The van der Waals surface area contributed by atoms with E-state index >= 15 is 0 Å². The second-order valence-corrected chi connectivity index (χ2v) is 0.447. The van der Waals surface area contributed by atoms with Crippen LogP contribution in [0.3, 0.4) is 0 Å². The minimum atomic E-state index is -0.125. The third-order valence-corrected chi connectivity index (χ3v) is 0.1000. The first-order valence-corrected chi connectivity index (χ1v) is 15.1. The highest BCUT2D eigenvalue weighted by atomic mass is 16.3. The second-order valence-electron chi connectivity index (χ2n) is 0.447. The maximum absolute atomic E-state index is 7.62. The molecule has 2 nitrogen and oxygen atoms in total. The molecule has 0 radical (unpaired) electrons. The van der Waals surface area contributed by atoms with Crippen LogP contribution < -0.4 is 0 Å². The Bertz CT molecular complexity index is 170. The van der Waals surface area contributed by atoms with E-state index in [2.05, 4.69) is 368 Å². The van der Waals surface area contributed by atoms with Gasteiger partial charge in [-0.3, -0.25) is 0 Å². The zero-order valence-electron chi connectivity index (χ0n) is 41.9. The van der Waals surface area contributed by atoms with Gasteiger partial charge in [-0.15, -0.1) is 368 Å². The fourth-order valence-electron chi connectivity index (χ4n) is 0. The van der Waals surface area contributed by atoms with Crippen LogP contribution in [0.15, 0.2) is 368 Å². The number of hydrogen-bond donors (Lipinski definition) is 2. The van der Waals surface area contributed by atoms with Crippen LogP contribution in [0, 0.1) is 0 Å². The first-order chi connectivity index (χ1) is 29.9. The predicted octanol–water partition coefficient (Wildman–Crippen LogP) is 21.4. The third kappa shape index (κ3) is 3080. The molecule has 0 aliphatic rings. The first kappa shape index (κ1) is 251. The molecule has 0 aliphatic heterocycles. The summed E-state index contributed by atoms with van der Waals surface area (Å²) in [7, 11) is 0. The normalized spacial score (nSPS) is 2.37. The smallest absolute Gasteiger partial charge is 0.0662 e. The molecule has 362 valence electrons. The van der Waals surface area contributed by atoms with Crippen molar-refractivity contribution in [3.63, 3.8) is 0 Å².